The maximum atomic E-state index is 4.30. The number of nitrogens with zero attached hydrogens (tertiary/aromatic N) is 2. The Morgan fingerprint density at radius 3 is 0.868 bits per heavy atom. The largest absolute Gasteiger partial charge is 0.309 e. The molecule has 0 saturated heterocycles. The van der Waals surface area contributed by atoms with Crippen LogP contribution >= 0.6 is 15.9 Å². The molecule has 0 aliphatic rings. The number of fused-ring (bicyclic) bond motifs is 4. The van der Waals surface area contributed by atoms with Crippen molar-refractivity contribution in [1.29, 1.82) is 0 Å². The van der Waals surface area contributed by atoms with E-state index < -0.39 is 8.07 Å². The van der Waals surface area contributed by atoms with Crippen molar-refractivity contribution in [3.05, 3.63) is 186 Å². The van der Waals surface area contributed by atoms with Crippen LogP contribution in [0.2, 0.25) is 19.6 Å². The normalized spacial score (nSPS) is 11.8. The van der Waals surface area contributed by atoms with Crippen LogP contribution < -0.4 is 15.0 Å². The number of anilines is 6. The molecule has 256 valence electrons. The van der Waals surface area contributed by atoms with Gasteiger partial charge in [0.05, 0.1) is 23.9 Å². The van der Waals surface area contributed by atoms with Crippen molar-refractivity contribution in [2.75, 3.05) is 9.80 Å². The third-order valence-corrected chi connectivity index (χ3v) is 13.2. The first-order valence-electron chi connectivity index (χ1n) is 18.2. The zero-order chi connectivity index (χ0) is 36.1. The van der Waals surface area contributed by atoms with E-state index in [1.54, 1.807) is 0 Å². The van der Waals surface area contributed by atoms with E-state index in [1.165, 1.54) is 48.3 Å². The quantitative estimate of drug-likeness (QED) is 0.149. The Kier molecular flexibility index (Phi) is 8.37. The molecule has 53 heavy (non-hydrogen) atoms. The molecule has 0 aliphatic heterocycles. The second-order valence-electron chi connectivity index (χ2n) is 14.9. The van der Waals surface area contributed by atoms with Crippen LogP contribution in [0.25, 0.3) is 43.1 Å². The first-order valence-corrected chi connectivity index (χ1v) is 22.5. The van der Waals surface area contributed by atoms with Gasteiger partial charge in [-0.25, -0.2) is 0 Å². The Labute approximate surface area is 320 Å². The molecule has 9 aromatic rings. The zero-order valence-corrected chi connectivity index (χ0v) is 32.7. The molecule has 0 unspecified atom stereocenters. The SMILES string of the molecule is C[Si](C)(C)c1cc(N(c2ccc3ccccc3c2)c2ccc3ccccc3c2)c(Br)c(N(c2ccc3ccccc3c2)c2ccc3ccccc3c2)c1. The zero-order valence-electron chi connectivity index (χ0n) is 30.1. The number of rotatable bonds is 7. The lowest BCUT2D eigenvalue weighted by atomic mass is 10.0. The summed E-state index contributed by atoms with van der Waals surface area (Å²) < 4.78 is 1.03. The van der Waals surface area contributed by atoms with Crippen LogP contribution in [0.3, 0.4) is 0 Å². The minimum atomic E-state index is -1.86. The third kappa shape index (κ3) is 6.28. The van der Waals surface area contributed by atoms with Gasteiger partial charge in [-0.2, -0.15) is 0 Å². The van der Waals surface area contributed by atoms with Crippen molar-refractivity contribution < 1.29 is 0 Å². The molecule has 0 N–H and O–H groups in total. The topological polar surface area (TPSA) is 6.48 Å². The molecule has 0 bridgehead atoms. The molecule has 2 nitrogen and oxygen atoms in total. The lowest BCUT2D eigenvalue weighted by Gasteiger charge is -2.34. The van der Waals surface area contributed by atoms with Gasteiger partial charge in [0.1, 0.15) is 0 Å². The molecule has 0 atom stereocenters. The summed E-state index contributed by atoms with van der Waals surface area (Å²) in [6.07, 6.45) is 0. The van der Waals surface area contributed by atoms with Crippen LogP contribution in [0.4, 0.5) is 34.1 Å². The Morgan fingerprint density at radius 1 is 0.340 bits per heavy atom. The fraction of sp³-hybridized carbons (Fsp3) is 0.0612. The lowest BCUT2D eigenvalue weighted by Crippen LogP contribution is -2.38. The second-order valence-corrected chi connectivity index (χ2v) is 20.7. The van der Waals surface area contributed by atoms with E-state index in [9.17, 15) is 0 Å². The highest BCUT2D eigenvalue weighted by molar-refractivity contribution is 9.10. The van der Waals surface area contributed by atoms with Crippen molar-refractivity contribution >= 4 is 106 Å². The van der Waals surface area contributed by atoms with Crippen molar-refractivity contribution in [3.8, 4) is 0 Å². The van der Waals surface area contributed by atoms with Gasteiger partial charge in [0.2, 0.25) is 0 Å². The summed E-state index contributed by atoms with van der Waals surface area (Å²) >= 11 is 4.30. The molecule has 0 saturated carbocycles. The Balaban J connectivity index is 1.34. The monoisotopic (exact) mass is 762 g/mol. The van der Waals surface area contributed by atoms with Crippen molar-refractivity contribution in [3.63, 3.8) is 0 Å². The Hall–Kier alpha value is -5.68. The summed E-state index contributed by atoms with van der Waals surface area (Å²) in [5, 5.41) is 11.1. The van der Waals surface area contributed by atoms with E-state index in [1.807, 2.05) is 0 Å². The summed E-state index contributed by atoms with van der Waals surface area (Å²) in [5.41, 5.74) is 6.67. The van der Waals surface area contributed by atoms with Crippen molar-refractivity contribution in [2.45, 2.75) is 19.6 Å². The van der Waals surface area contributed by atoms with Gasteiger partial charge in [-0.15, -0.1) is 0 Å². The fourth-order valence-electron chi connectivity index (χ4n) is 7.47. The van der Waals surface area contributed by atoms with Crippen LogP contribution in [-0.2, 0) is 0 Å². The summed E-state index contributed by atoms with van der Waals surface area (Å²) in [7, 11) is -1.86. The average Bonchev–Trinajstić information content (AvgIpc) is 3.18. The smallest absolute Gasteiger partial charge is 0.0777 e. The molecule has 9 aromatic carbocycles. The molecular formula is C49H39BrN2Si. The molecule has 0 radical (unpaired) electrons. The summed E-state index contributed by atoms with van der Waals surface area (Å²) in [5.74, 6) is 0. The molecule has 0 aromatic heterocycles. The van der Waals surface area contributed by atoms with Crippen molar-refractivity contribution in [1.82, 2.24) is 0 Å². The summed E-state index contributed by atoms with van der Waals surface area (Å²) in [4.78, 5) is 4.88. The van der Waals surface area contributed by atoms with Gasteiger partial charge in [0.15, 0.2) is 0 Å². The van der Waals surface area contributed by atoms with Crippen LogP contribution in [0.15, 0.2) is 186 Å². The third-order valence-electron chi connectivity index (χ3n) is 10.3. The number of halogens is 1. The van der Waals surface area contributed by atoms with Gasteiger partial charge >= 0.3 is 0 Å². The number of hydrogen-bond donors (Lipinski definition) is 0. The molecule has 0 aliphatic carbocycles. The second kappa shape index (κ2) is 13.4. The van der Waals surface area contributed by atoms with Gasteiger partial charge < -0.3 is 9.80 Å². The van der Waals surface area contributed by atoms with E-state index in [0.29, 0.717) is 0 Å². The average molecular weight is 764 g/mol. The lowest BCUT2D eigenvalue weighted by molar-refractivity contribution is 1.25. The van der Waals surface area contributed by atoms with Gasteiger partial charge in [-0.3, -0.25) is 0 Å². The van der Waals surface area contributed by atoms with Gasteiger partial charge in [-0.1, -0.05) is 146 Å². The molecule has 0 heterocycles. The summed E-state index contributed by atoms with van der Waals surface area (Å²) in [6, 6.07) is 66.6. The van der Waals surface area contributed by atoms with E-state index in [0.717, 1.165) is 38.6 Å². The molecule has 9 rings (SSSR count). The first-order chi connectivity index (χ1) is 25.8. The molecule has 0 amide bonds. The van der Waals surface area contributed by atoms with E-state index in [2.05, 4.69) is 227 Å². The van der Waals surface area contributed by atoms with Gasteiger partial charge in [-0.05, 0) is 120 Å². The van der Waals surface area contributed by atoms with Crippen molar-refractivity contribution in [2.24, 2.45) is 0 Å². The maximum absolute atomic E-state index is 4.30. The minimum Gasteiger partial charge on any atom is -0.309 e. The molecule has 4 heteroatoms. The highest BCUT2D eigenvalue weighted by atomic mass is 79.9. The standard InChI is InChI=1S/C49H39BrN2Si/c1-53(2,3)46-32-47(51(42-24-20-34-12-4-8-16-38(34)28-42)43-25-21-35-13-5-9-17-39(35)29-43)49(50)48(33-46)52(44-26-22-36-14-6-10-18-40(36)30-44)45-27-23-37-15-7-11-19-41(37)31-45/h4-33H,1-3H3. The number of hydrogen-bond acceptors (Lipinski definition) is 2. The fourth-order valence-corrected chi connectivity index (χ4v) is 9.19. The predicted molar refractivity (Wildman–Crippen MR) is 237 cm³/mol. The maximum Gasteiger partial charge on any atom is 0.0777 e. The Morgan fingerprint density at radius 2 is 0.604 bits per heavy atom. The minimum absolute atomic E-state index is 1.03. The molecule has 0 fully saturated rings. The van der Waals surface area contributed by atoms with E-state index in [-0.39, 0.29) is 0 Å². The predicted octanol–water partition coefficient (Wildman–Crippen LogP) is 14.5. The van der Waals surface area contributed by atoms with Gasteiger partial charge in [0, 0.05) is 22.7 Å². The highest BCUT2D eigenvalue weighted by Gasteiger charge is 2.27. The van der Waals surface area contributed by atoms with Crippen LogP contribution in [0, 0.1) is 0 Å². The Bertz CT molecular complexity index is 2480. The van der Waals surface area contributed by atoms with Crippen LogP contribution in [0.5, 0.6) is 0 Å². The van der Waals surface area contributed by atoms with E-state index >= 15 is 0 Å². The van der Waals surface area contributed by atoms with Gasteiger partial charge in [0.25, 0.3) is 0 Å². The highest BCUT2D eigenvalue weighted by Crippen LogP contribution is 2.48. The van der Waals surface area contributed by atoms with E-state index in [4.69, 9.17) is 0 Å². The molecular weight excluding hydrogens is 725 g/mol. The number of benzene rings is 9. The van der Waals surface area contributed by atoms with Crippen LogP contribution in [0.1, 0.15) is 0 Å². The van der Waals surface area contributed by atoms with Crippen LogP contribution in [-0.4, -0.2) is 8.07 Å². The molecule has 0 spiro atoms. The first kappa shape index (κ1) is 33.2. The summed E-state index contributed by atoms with van der Waals surface area (Å²) in [6.45, 7) is 7.32.